The molecule has 3 atom stereocenters. The SMILES string of the molecule is Cl.O=[N+]([O-])c1ccc(S(=O)(=O)NC2C[C@H]3CC[C@@H]2N3)c([N+](=O)[O-])c1. The molecule has 2 fully saturated rings. The summed E-state index contributed by atoms with van der Waals surface area (Å²) in [6.07, 6.45) is 2.46. The second-order valence-electron chi connectivity index (χ2n) is 5.68. The van der Waals surface area contributed by atoms with Gasteiger partial charge >= 0.3 is 0 Å². The van der Waals surface area contributed by atoms with E-state index in [1.165, 1.54) is 0 Å². The summed E-state index contributed by atoms with van der Waals surface area (Å²) in [7, 11) is -4.14. The van der Waals surface area contributed by atoms with Gasteiger partial charge in [-0.3, -0.25) is 20.2 Å². The van der Waals surface area contributed by atoms with Crippen molar-refractivity contribution in [3.63, 3.8) is 0 Å². The average Bonchev–Trinajstić information content (AvgIpc) is 3.08. The minimum absolute atomic E-state index is 0. The number of nitrogens with one attached hydrogen (secondary N) is 2. The summed E-state index contributed by atoms with van der Waals surface area (Å²) >= 11 is 0. The van der Waals surface area contributed by atoms with Crippen LogP contribution in [0.4, 0.5) is 11.4 Å². The molecule has 1 aromatic rings. The van der Waals surface area contributed by atoms with Gasteiger partial charge in [0.05, 0.1) is 15.9 Å². The van der Waals surface area contributed by atoms with E-state index in [1.54, 1.807) is 0 Å². The van der Waals surface area contributed by atoms with Gasteiger partial charge < -0.3 is 5.32 Å². The average molecular weight is 379 g/mol. The molecule has 2 aliphatic rings. The first-order valence-corrected chi connectivity index (χ1v) is 8.47. The maximum atomic E-state index is 12.5. The first-order chi connectivity index (χ1) is 10.8. The van der Waals surface area contributed by atoms with Crippen LogP contribution in [0.5, 0.6) is 0 Å². The lowest BCUT2D eigenvalue weighted by Crippen LogP contribution is -2.42. The van der Waals surface area contributed by atoms with Crippen LogP contribution in [0.15, 0.2) is 23.1 Å². The Labute approximate surface area is 143 Å². The maximum absolute atomic E-state index is 12.5. The van der Waals surface area contributed by atoms with E-state index in [0.29, 0.717) is 12.5 Å². The summed E-state index contributed by atoms with van der Waals surface area (Å²) in [4.78, 5) is 19.5. The van der Waals surface area contributed by atoms with E-state index in [1.807, 2.05) is 0 Å². The highest BCUT2D eigenvalue weighted by atomic mass is 35.5. The summed E-state index contributed by atoms with van der Waals surface area (Å²) in [6, 6.07) is 2.47. The monoisotopic (exact) mass is 378 g/mol. The van der Waals surface area contributed by atoms with Gasteiger partial charge in [-0.05, 0) is 25.3 Å². The van der Waals surface area contributed by atoms with E-state index in [0.717, 1.165) is 25.0 Å². The summed E-state index contributed by atoms with van der Waals surface area (Å²) in [5.41, 5.74) is -1.33. The molecule has 3 rings (SSSR count). The van der Waals surface area contributed by atoms with Crippen LogP contribution in [-0.4, -0.2) is 36.4 Å². The first-order valence-electron chi connectivity index (χ1n) is 6.99. The molecular formula is C12H15ClN4O6S. The zero-order valence-electron chi connectivity index (χ0n) is 12.2. The predicted molar refractivity (Wildman–Crippen MR) is 85.7 cm³/mol. The third-order valence-electron chi connectivity index (χ3n) is 4.25. The van der Waals surface area contributed by atoms with Crippen LogP contribution in [0.3, 0.4) is 0 Å². The standard InChI is InChI=1S/C12H14N4O6S.ClH/c17-15(18)8-2-4-12(11(6-8)16(19)20)23(21,22)14-10-5-7-1-3-9(10)13-7;/h2,4,6-7,9-10,13-14H,1,3,5H2;1H/t7-,9+,10?;/m1./s1. The van der Waals surface area contributed by atoms with Gasteiger partial charge in [-0.15, -0.1) is 12.4 Å². The summed E-state index contributed by atoms with van der Waals surface area (Å²) in [5, 5.41) is 25.1. The normalized spacial score (nSPS) is 25.2. The van der Waals surface area contributed by atoms with E-state index in [2.05, 4.69) is 10.0 Å². The Morgan fingerprint density at radius 2 is 1.88 bits per heavy atom. The van der Waals surface area contributed by atoms with Crippen LogP contribution in [0.1, 0.15) is 19.3 Å². The Balaban J connectivity index is 0.00000208. The van der Waals surface area contributed by atoms with E-state index in [9.17, 15) is 28.6 Å². The van der Waals surface area contributed by atoms with Gasteiger partial charge in [-0.2, -0.15) is 0 Å². The number of halogens is 1. The van der Waals surface area contributed by atoms with Crippen molar-refractivity contribution >= 4 is 33.8 Å². The molecule has 0 amide bonds. The lowest BCUT2D eigenvalue weighted by atomic mass is 9.96. The molecule has 10 nitrogen and oxygen atoms in total. The summed E-state index contributed by atoms with van der Waals surface area (Å²) < 4.78 is 27.4. The van der Waals surface area contributed by atoms with Crippen molar-refractivity contribution in [3.05, 3.63) is 38.4 Å². The molecule has 0 spiro atoms. The molecule has 0 aromatic heterocycles. The second kappa shape index (κ2) is 6.59. The predicted octanol–water partition coefficient (Wildman–Crippen LogP) is 1.10. The van der Waals surface area contributed by atoms with Gasteiger partial charge in [0.15, 0.2) is 4.90 Å². The van der Waals surface area contributed by atoms with E-state index < -0.39 is 36.1 Å². The maximum Gasteiger partial charge on any atom is 0.296 e. The van der Waals surface area contributed by atoms with Crippen molar-refractivity contribution in [1.29, 1.82) is 0 Å². The van der Waals surface area contributed by atoms with Crippen molar-refractivity contribution in [3.8, 4) is 0 Å². The van der Waals surface area contributed by atoms with Crippen LogP contribution in [0.2, 0.25) is 0 Å². The topological polar surface area (TPSA) is 144 Å². The Kier molecular flexibility index (Phi) is 5.08. The number of nitro benzene ring substituents is 2. The van der Waals surface area contributed by atoms with Gasteiger partial charge in [0.25, 0.3) is 11.4 Å². The number of rotatable bonds is 5. The lowest BCUT2D eigenvalue weighted by Gasteiger charge is -2.21. The smallest absolute Gasteiger partial charge is 0.296 e. The molecule has 24 heavy (non-hydrogen) atoms. The fraction of sp³-hybridized carbons (Fsp3) is 0.500. The number of nitro groups is 2. The first kappa shape index (κ1) is 18.5. The number of nitrogens with zero attached hydrogens (tertiary/aromatic N) is 2. The van der Waals surface area contributed by atoms with Crippen LogP contribution in [0.25, 0.3) is 0 Å². The number of non-ortho nitro benzene ring substituents is 1. The summed E-state index contributed by atoms with van der Waals surface area (Å²) in [6.45, 7) is 0. The van der Waals surface area contributed by atoms with Crippen molar-refractivity contribution in [2.24, 2.45) is 0 Å². The van der Waals surface area contributed by atoms with Gasteiger partial charge in [-0.1, -0.05) is 0 Å². The number of fused-ring (bicyclic) bond motifs is 2. The molecule has 0 radical (unpaired) electrons. The lowest BCUT2D eigenvalue weighted by molar-refractivity contribution is -0.396. The van der Waals surface area contributed by atoms with Crippen LogP contribution in [0, 0.1) is 20.2 Å². The quantitative estimate of drug-likeness (QED) is 0.576. The minimum atomic E-state index is -4.14. The zero-order chi connectivity index (χ0) is 16.8. The second-order valence-corrected chi connectivity index (χ2v) is 7.36. The van der Waals surface area contributed by atoms with Gasteiger partial charge in [0.2, 0.25) is 10.0 Å². The molecule has 2 aliphatic heterocycles. The molecule has 1 aromatic carbocycles. The van der Waals surface area contributed by atoms with Gasteiger partial charge in [-0.25, -0.2) is 13.1 Å². The Hall–Kier alpha value is -1.82. The number of benzene rings is 1. The molecule has 2 saturated heterocycles. The molecule has 132 valence electrons. The molecule has 1 unspecified atom stereocenters. The molecule has 2 bridgehead atoms. The van der Waals surface area contributed by atoms with Crippen LogP contribution < -0.4 is 10.0 Å². The highest BCUT2D eigenvalue weighted by Gasteiger charge is 2.42. The van der Waals surface area contributed by atoms with Gasteiger partial charge in [0.1, 0.15) is 0 Å². The highest BCUT2D eigenvalue weighted by molar-refractivity contribution is 7.89. The molecule has 2 heterocycles. The van der Waals surface area contributed by atoms with Crippen molar-refractivity contribution in [2.75, 3.05) is 0 Å². The van der Waals surface area contributed by atoms with E-state index >= 15 is 0 Å². The highest BCUT2D eigenvalue weighted by Crippen LogP contribution is 2.32. The van der Waals surface area contributed by atoms with E-state index in [-0.39, 0.29) is 30.5 Å². The zero-order valence-corrected chi connectivity index (χ0v) is 13.9. The number of hydrogen-bond acceptors (Lipinski definition) is 7. The third-order valence-corrected chi connectivity index (χ3v) is 5.78. The molecule has 0 saturated carbocycles. The fourth-order valence-electron chi connectivity index (χ4n) is 3.21. The van der Waals surface area contributed by atoms with Gasteiger partial charge in [0, 0.05) is 24.2 Å². The molecule has 0 aliphatic carbocycles. The summed E-state index contributed by atoms with van der Waals surface area (Å²) in [5.74, 6) is 0. The largest absolute Gasteiger partial charge is 0.310 e. The number of sulfonamides is 1. The third kappa shape index (κ3) is 3.34. The van der Waals surface area contributed by atoms with E-state index in [4.69, 9.17) is 0 Å². The minimum Gasteiger partial charge on any atom is -0.310 e. The van der Waals surface area contributed by atoms with Crippen molar-refractivity contribution in [2.45, 2.75) is 42.3 Å². The molecule has 2 N–H and O–H groups in total. The number of hydrogen-bond donors (Lipinski definition) is 2. The van der Waals surface area contributed by atoms with Crippen LogP contribution >= 0.6 is 12.4 Å². The van der Waals surface area contributed by atoms with Crippen molar-refractivity contribution < 1.29 is 18.3 Å². The Morgan fingerprint density at radius 1 is 1.17 bits per heavy atom. The van der Waals surface area contributed by atoms with Crippen LogP contribution in [-0.2, 0) is 10.0 Å². The Bertz CT molecular complexity index is 786. The van der Waals surface area contributed by atoms with Crippen molar-refractivity contribution in [1.82, 2.24) is 10.0 Å². The molecule has 12 heteroatoms. The fourth-order valence-corrected chi connectivity index (χ4v) is 4.65. The molecular weight excluding hydrogens is 364 g/mol. The Morgan fingerprint density at radius 3 is 2.38 bits per heavy atom.